The van der Waals surface area contributed by atoms with Crippen molar-refractivity contribution < 1.29 is 96.7 Å². The lowest BCUT2D eigenvalue weighted by atomic mass is 9.58. The molecule has 52 heavy (non-hydrogen) atoms. The number of aliphatic carboxylic acids is 4. The highest BCUT2D eigenvalue weighted by molar-refractivity contribution is 5.75. The number of carboxylic acid groups (broad SMARTS) is 4. The minimum absolute atomic E-state index is 0.0701. The Bertz CT molecular complexity index is 1370. The number of carbonyl (C=O) groups is 9. The molecule has 0 aromatic carbocycles. The number of carboxylic acids is 4. The molecule has 20 nitrogen and oxygen atoms in total. The van der Waals surface area contributed by atoms with E-state index in [9.17, 15) is 63.6 Å². The van der Waals surface area contributed by atoms with Gasteiger partial charge in [0.1, 0.15) is 12.2 Å². The van der Waals surface area contributed by atoms with Crippen LogP contribution >= 0.6 is 0 Å². The van der Waals surface area contributed by atoms with Crippen LogP contribution < -0.4 is 0 Å². The van der Waals surface area contributed by atoms with Crippen molar-refractivity contribution in [2.24, 2.45) is 17.3 Å². The van der Waals surface area contributed by atoms with Crippen LogP contribution in [0.25, 0.3) is 0 Å². The van der Waals surface area contributed by atoms with Crippen molar-refractivity contribution in [3.05, 3.63) is 0 Å². The Labute approximate surface area is 296 Å². The van der Waals surface area contributed by atoms with Gasteiger partial charge in [-0.05, 0) is 12.8 Å². The molecule has 3 saturated heterocycles. The second kappa shape index (κ2) is 18.7. The van der Waals surface area contributed by atoms with Gasteiger partial charge in [-0.15, -0.1) is 0 Å². The summed E-state index contributed by atoms with van der Waals surface area (Å²) < 4.78 is 35.9. The second-order valence-corrected chi connectivity index (χ2v) is 13.1. The van der Waals surface area contributed by atoms with Gasteiger partial charge in [0.2, 0.25) is 0 Å². The molecule has 0 aliphatic carbocycles. The Kier molecular flexibility index (Phi) is 15.6. The molecule has 2 unspecified atom stereocenters. The molecular formula is C32H44O20. The fraction of sp³-hybridized carbons (Fsp3) is 0.719. The van der Waals surface area contributed by atoms with Gasteiger partial charge in [0.15, 0.2) is 24.6 Å². The van der Waals surface area contributed by atoms with Crippen molar-refractivity contribution >= 4 is 54.0 Å². The van der Waals surface area contributed by atoms with Crippen molar-refractivity contribution in [1.82, 2.24) is 0 Å². The smallest absolute Gasteiger partial charge is 0.309 e. The van der Waals surface area contributed by atoms with E-state index < -0.39 is 133 Å². The van der Waals surface area contributed by atoms with E-state index in [0.717, 1.165) is 20.8 Å². The monoisotopic (exact) mass is 748 g/mol. The maximum absolute atomic E-state index is 11.8. The van der Waals surface area contributed by atoms with E-state index in [0.29, 0.717) is 6.61 Å². The minimum Gasteiger partial charge on any atom is -0.481 e. The molecule has 3 rings (SSSR count). The molecule has 3 aliphatic rings. The molecule has 0 bridgehead atoms. The first kappa shape index (κ1) is 43.5. The van der Waals surface area contributed by atoms with Crippen molar-refractivity contribution in [1.29, 1.82) is 0 Å². The summed E-state index contributed by atoms with van der Waals surface area (Å²) in [6.07, 6.45) is -8.35. The molecule has 0 aromatic heterocycles. The number of rotatable bonds is 19. The SMILES string of the molecule is CC(=O)OC[C@@H](OC(C)=O)[C@@H](OC(C)=O)[C@@H](C=O)OC(=O)CC1CO1.C[C@]1(CC(=O)O)[C@H](CC(=O)O)[C@H](CC(=O)O)C(CC(=O)O)O[C@H]1[C@]1(C)CO1. The molecule has 0 saturated carbocycles. The first-order valence-electron chi connectivity index (χ1n) is 16.0. The Morgan fingerprint density at radius 2 is 1.35 bits per heavy atom. The predicted molar refractivity (Wildman–Crippen MR) is 165 cm³/mol. The lowest BCUT2D eigenvalue weighted by Gasteiger charge is -2.54. The van der Waals surface area contributed by atoms with E-state index in [4.69, 9.17) is 33.2 Å². The Morgan fingerprint density at radius 3 is 1.77 bits per heavy atom. The third kappa shape index (κ3) is 13.5. The van der Waals surface area contributed by atoms with E-state index >= 15 is 0 Å². The Hall–Kier alpha value is -4.69. The van der Waals surface area contributed by atoms with Crippen molar-refractivity contribution in [3.63, 3.8) is 0 Å². The molecule has 3 fully saturated rings. The maximum Gasteiger partial charge on any atom is 0.309 e. The second-order valence-electron chi connectivity index (χ2n) is 13.1. The zero-order valence-electron chi connectivity index (χ0n) is 29.2. The van der Waals surface area contributed by atoms with Gasteiger partial charge in [-0.3, -0.25) is 43.2 Å². The molecule has 3 aliphatic heterocycles. The van der Waals surface area contributed by atoms with Gasteiger partial charge < -0.3 is 53.6 Å². The van der Waals surface area contributed by atoms with Crippen LogP contribution in [-0.4, -0.2) is 137 Å². The zero-order valence-corrected chi connectivity index (χ0v) is 29.2. The van der Waals surface area contributed by atoms with E-state index in [2.05, 4.69) is 0 Å². The maximum atomic E-state index is 11.8. The highest BCUT2D eigenvalue weighted by Gasteiger charge is 2.64. The number of carbonyl (C=O) groups excluding carboxylic acids is 5. The van der Waals surface area contributed by atoms with Crippen molar-refractivity contribution in [3.8, 4) is 0 Å². The van der Waals surface area contributed by atoms with Crippen molar-refractivity contribution in [2.45, 2.75) is 109 Å². The molecule has 20 heteroatoms. The fourth-order valence-electron chi connectivity index (χ4n) is 6.35. The predicted octanol–water partition coefficient (Wildman–Crippen LogP) is -0.00730. The van der Waals surface area contributed by atoms with Gasteiger partial charge in [-0.25, -0.2) is 0 Å². The summed E-state index contributed by atoms with van der Waals surface area (Å²) >= 11 is 0. The lowest BCUT2D eigenvalue weighted by Crippen LogP contribution is -2.60. The number of hydrogen-bond donors (Lipinski definition) is 4. The third-order valence-corrected chi connectivity index (χ3v) is 8.58. The van der Waals surface area contributed by atoms with Crippen LogP contribution in [0.4, 0.5) is 0 Å². The first-order chi connectivity index (χ1) is 24.1. The summed E-state index contributed by atoms with van der Waals surface area (Å²) in [7, 11) is 0. The van der Waals surface area contributed by atoms with Crippen LogP contribution in [0.3, 0.4) is 0 Å². The average Bonchev–Trinajstić information content (AvgIpc) is 3.94. The number of esters is 4. The fourth-order valence-corrected chi connectivity index (χ4v) is 6.35. The number of epoxide rings is 2. The molecule has 10 atom stereocenters. The standard InChI is InChI=1S/C17H24O10.C15H20O10/c1-16(6-14(24)25)9(4-12(20)21)8(3-11(18)19)10(5-13(22)23)27-15(16)17(2)7-26-17;1-8(17)21-7-13(23-9(2)18)15(24-10(3)19)12(5-16)25-14(20)4-11-6-22-11/h8-10,15H,3-7H2,1-2H3,(H,18,19)(H,20,21)(H,22,23)(H,24,25);5,11-13,15H,4,6-7H2,1-3H3/t8-,9+,10?,15+,16-,17-;11?,12-,13-,15+/m01/s1. The molecule has 3 heterocycles. The normalized spacial score (nSPS) is 28.9. The largest absolute Gasteiger partial charge is 0.481 e. The van der Waals surface area contributed by atoms with Crippen LogP contribution in [0.1, 0.15) is 66.7 Å². The highest BCUT2D eigenvalue weighted by Crippen LogP contribution is 2.56. The van der Waals surface area contributed by atoms with Crippen LogP contribution in [0.2, 0.25) is 0 Å². The first-order valence-corrected chi connectivity index (χ1v) is 16.0. The van der Waals surface area contributed by atoms with Gasteiger partial charge in [0.25, 0.3) is 0 Å². The van der Waals surface area contributed by atoms with Crippen LogP contribution in [0, 0.1) is 17.3 Å². The van der Waals surface area contributed by atoms with E-state index in [1.54, 1.807) is 13.8 Å². The molecule has 0 amide bonds. The summed E-state index contributed by atoms with van der Waals surface area (Å²) in [5.41, 5.74) is -2.11. The quantitative estimate of drug-likeness (QED) is 0.0584. The summed E-state index contributed by atoms with van der Waals surface area (Å²) in [4.78, 5) is 102. The van der Waals surface area contributed by atoms with E-state index in [1.165, 1.54) is 0 Å². The van der Waals surface area contributed by atoms with Crippen LogP contribution in [0.5, 0.6) is 0 Å². The summed E-state index contributed by atoms with van der Waals surface area (Å²) in [6.45, 7) is 6.69. The highest BCUT2D eigenvalue weighted by atomic mass is 16.6. The number of ether oxygens (including phenoxy) is 7. The number of aldehydes is 1. The average molecular weight is 749 g/mol. The molecule has 292 valence electrons. The minimum atomic E-state index is -1.55. The van der Waals surface area contributed by atoms with Gasteiger partial charge >= 0.3 is 47.8 Å². The molecule has 0 aromatic rings. The zero-order chi connectivity index (χ0) is 39.6. The van der Waals surface area contributed by atoms with Gasteiger partial charge in [0, 0.05) is 38.5 Å². The summed E-state index contributed by atoms with van der Waals surface area (Å²) in [6, 6.07) is 0. The Morgan fingerprint density at radius 1 is 0.788 bits per heavy atom. The summed E-state index contributed by atoms with van der Waals surface area (Å²) in [5.74, 6) is -9.72. The summed E-state index contributed by atoms with van der Waals surface area (Å²) in [5, 5.41) is 37.3. The Balaban J connectivity index is 0.000000361. The van der Waals surface area contributed by atoms with Crippen molar-refractivity contribution in [2.75, 3.05) is 19.8 Å². The molecule has 0 spiro atoms. The van der Waals surface area contributed by atoms with Gasteiger partial charge in [0.05, 0.1) is 57.2 Å². The topological polar surface area (TPSA) is 306 Å². The van der Waals surface area contributed by atoms with E-state index in [1.807, 2.05) is 0 Å². The van der Waals surface area contributed by atoms with Crippen LogP contribution in [0.15, 0.2) is 0 Å². The number of hydrogen-bond acceptors (Lipinski definition) is 16. The van der Waals surface area contributed by atoms with Crippen LogP contribution in [-0.2, 0) is 76.3 Å². The molecular weight excluding hydrogens is 704 g/mol. The van der Waals surface area contributed by atoms with Gasteiger partial charge in [-0.2, -0.15) is 0 Å². The third-order valence-electron chi connectivity index (χ3n) is 8.58. The molecule has 0 radical (unpaired) electrons. The lowest BCUT2D eigenvalue weighted by molar-refractivity contribution is -0.221. The van der Waals surface area contributed by atoms with E-state index in [-0.39, 0.29) is 25.4 Å². The molecule has 4 N–H and O–H groups in total. The van der Waals surface area contributed by atoms with Gasteiger partial charge in [-0.1, -0.05) is 6.92 Å².